The van der Waals surface area contributed by atoms with E-state index in [4.69, 9.17) is 9.72 Å². The Balaban J connectivity index is 0.965. The zero-order chi connectivity index (χ0) is 44.5. The van der Waals surface area contributed by atoms with Crippen LogP contribution >= 0.6 is 0 Å². The number of para-hydroxylation sites is 4. The van der Waals surface area contributed by atoms with Gasteiger partial charge in [-0.25, -0.2) is 0 Å². The van der Waals surface area contributed by atoms with Crippen LogP contribution in [0.5, 0.6) is 11.6 Å². The first-order valence-corrected chi connectivity index (χ1v) is 23.4. The zero-order valence-electron chi connectivity index (χ0n) is 36.6. The van der Waals surface area contributed by atoms with E-state index in [1.807, 2.05) is 30.3 Å². The quantitative estimate of drug-likeness (QED) is 0.112. The fourth-order valence-electron chi connectivity index (χ4n) is 9.72. The Hall–Kier alpha value is -7.47. The number of imidazole rings is 1. The summed E-state index contributed by atoms with van der Waals surface area (Å²) in [5.74, 6) is 1.80. The summed E-state index contributed by atoms with van der Waals surface area (Å²) >= 11 is 2.49. The molecule has 320 valence electrons. The first-order valence-electron chi connectivity index (χ1n) is 22.2. The predicted molar refractivity (Wildman–Crippen MR) is 266 cm³/mol. The van der Waals surface area contributed by atoms with Crippen molar-refractivity contribution in [1.29, 1.82) is 0 Å². The Labute approximate surface area is 395 Å². The van der Waals surface area contributed by atoms with Crippen molar-refractivity contribution in [2.75, 3.05) is 4.81 Å². The van der Waals surface area contributed by atoms with Crippen LogP contribution in [-0.4, -0.2) is 25.6 Å². The Morgan fingerprint density at radius 1 is 0.591 bits per heavy atom. The van der Waals surface area contributed by atoms with Crippen molar-refractivity contribution >= 4 is 56.8 Å². The van der Waals surface area contributed by atoms with Crippen LogP contribution in [0.1, 0.15) is 26.3 Å². The predicted octanol–water partition coefficient (Wildman–Crippen LogP) is 13.4. The molecule has 0 unspecified atom stereocenters. The SMILES string of the molecule is CC(C)(C)c1cccc(-c2cccc(-c3ccccc3)c2-n2[c](=[Pt])n(-c3[c-]c(Oc4cccc(N5B(c6ccccc6)n6c7ccccc7c7cc[c-]c5c76)n4)ccc3)c3ccccc32)c1. The molecule has 0 spiro atoms. The Morgan fingerprint density at radius 3 is 2.03 bits per heavy atom. The number of pyridine rings is 1. The maximum absolute atomic E-state index is 6.69. The van der Waals surface area contributed by atoms with E-state index < -0.39 is 0 Å². The summed E-state index contributed by atoms with van der Waals surface area (Å²) in [6, 6.07) is 77.7. The molecule has 1 aliphatic rings. The Morgan fingerprint density at radius 2 is 1.24 bits per heavy atom. The molecule has 0 bridgehead atoms. The topological polar surface area (TPSA) is 40.1 Å². The molecule has 0 saturated heterocycles. The second-order valence-corrected chi connectivity index (χ2v) is 18.8. The zero-order valence-corrected chi connectivity index (χ0v) is 38.9. The van der Waals surface area contributed by atoms with Crippen molar-refractivity contribution < 1.29 is 24.1 Å². The first-order chi connectivity index (χ1) is 32.3. The number of aromatic nitrogens is 4. The molecule has 0 radical (unpaired) electrons. The summed E-state index contributed by atoms with van der Waals surface area (Å²) in [4.78, 5) is 7.49. The number of nitrogens with zero attached hydrogens (tertiary/aromatic N) is 5. The average Bonchev–Trinajstić information content (AvgIpc) is 3.98. The van der Waals surface area contributed by atoms with Crippen LogP contribution in [0.15, 0.2) is 200 Å². The van der Waals surface area contributed by atoms with Crippen molar-refractivity contribution in [2.24, 2.45) is 0 Å². The molecule has 66 heavy (non-hydrogen) atoms. The number of hydrogen-bond donors (Lipinski definition) is 0. The summed E-state index contributed by atoms with van der Waals surface area (Å²) in [5, 5.41) is 2.43. The van der Waals surface area contributed by atoms with Gasteiger partial charge in [0.15, 0.2) is 0 Å². The van der Waals surface area contributed by atoms with Gasteiger partial charge in [0.1, 0.15) is 0 Å². The second-order valence-electron chi connectivity index (χ2n) is 17.8. The van der Waals surface area contributed by atoms with Gasteiger partial charge in [0, 0.05) is 5.52 Å². The van der Waals surface area contributed by atoms with Crippen molar-refractivity contribution in [3.63, 3.8) is 0 Å². The van der Waals surface area contributed by atoms with Gasteiger partial charge in [0.05, 0.1) is 0 Å². The molecule has 4 heterocycles. The number of hydrogen-bond acceptors (Lipinski definition) is 3. The molecule has 8 aromatic carbocycles. The molecule has 11 aromatic rings. The normalized spacial score (nSPS) is 12.5. The van der Waals surface area contributed by atoms with Gasteiger partial charge in [0.2, 0.25) is 0 Å². The monoisotopic (exact) mass is 1030 g/mol. The maximum atomic E-state index is 6.69. The van der Waals surface area contributed by atoms with Crippen LogP contribution in [0.2, 0.25) is 0 Å². The second kappa shape index (κ2) is 15.9. The van der Waals surface area contributed by atoms with E-state index in [1.165, 1.54) is 27.4 Å². The summed E-state index contributed by atoms with van der Waals surface area (Å²) in [6.07, 6.45) is 0. The molecule has 0 N–H and O–H groups in total. The summed E-state index contributed by atoms with van der Waals surface area (Å²) < 4.78 is 14.8. The van der Waals surface area contributed by atoms with Gasteiger partial charge in [-0.05, 0) is 11.5 Å². The van der Waals surface area contributed by atoms with Gasteiger partial charge < -0.3 is 0 Å². The van der Waals surface area contributed by atoms with Crippen LogP contribution < -0.4 is 15.0 Å². The molecule has 0 saturated carbocycles. The minimum absolute atomic E-state index is 0.00135. The number of benzene rings is 8. The Kier molecular flexibility index (Phi) is 9.66. The molecule has 12 rings (SSSR count). The standard InChI is InChI=1S/C58H42BN5O.Pt/c1-58(2,3)42-22-14-21-41(37-42)47-29-16-28-46(40-19-6-4-7-20-40)56(47)62-39-61(51-32-12-13-33-52(51)62)44-25-15-26-45(38-44)65-55-36-18-35-54(60-55)63-53-34-17-30-49-48-27-10-11-31-50(48)64(57(49)53)59(63)43-23-8-5-9-24-43;/h4-33,35-37H,1-3H3;/q-2;. The van der Waals surface area contributed by atoms with Crippen molar-refractivity contribution in [3.05, 3.63) is 222 Å². The van der Waals surface area contributed by atoms with E-state index in [9.17, 15) is 0 Å². The van der Waals surface area contributed by atoms with E-state index in [0.717, 1.165) is 65.4 Å². The summed E-state index contributed by atoms with van der Waals surface area (Å²) in [7, 11) is 0. The third-order valence-electron chi connectivity index (χ3n) is 12.7. The van der Waals surface area contributed by atoms with Crippen molar-refractivity contribution in [3.8, 4) is 45.3 Å². The van der Waals surface area contributed by atoms with Crippen molar-refractivity contribution in [2.45, 2.75) is 26.2 Å². The van der Waals surface area contributed by atoms with Gasteiger partial charge in [-0.15, -0.1) is 5.39 Å². The molecule has 6 nitrogen and oxygen atoms in total. The van der Waals surface area contributed by atoms with Gasteiger partial charge >= 0.3 is 314 Å². The third-order valence-corrected chi connectivity index (χ3v) is 13.7. The van der Waals surface area contributed by atoms with Crippen LogP contribution in [0.3, 0.4) is 0 Å². The first kappa shape index (κ1) is 40.1. The van der Waals surface area contributed by atoms with E-state index in [-0.39, 0.29) is 12.4 Å². The molecular formula is C58H42BN5OPt-2. The molecule has 0 aliphatic carbocycles. The molecule has 3 aromatic heterocycles. The molecular weight excluding hydrogens is 989 g/mol. The number of anilines is 2. The molecule has 8 heteroatoms. The third kappa shape index (κ3) is 6.60. The molecule has 0 fully saturated rings. The van der Waals surface area contributed by atoms with Gasteiger partial charge in [-0.3, -0.25) is 0 Å². The van der Waals surface area contributed by atoms with Crippen LogP contribution in [0, 0.1) is 15.9 Å². The van der Waals surface area contributed by atoms with Crippen molar-refractivity contribution in [1.82, 2.24) is 18.6 Å². The number of fused-ring (bicyclic) bond motifs is 4. The molecule has 0 atom stereocenters. The summed E-state index contributed by atoms with van der Waals surface area (Å²) in [5.41, 5.74) is 14.5. The molecule has 1 aliphatic heterocycles. The van der Waals surface area contributed by atoms with E-state index in [2.05, 4.69) is 241 Å². The average molecular weight is 1030 g/mol. The van der Waals surface area contributed by atoms with E-state index in [0.29, 0.717) is 11.6 Å². The molecule has 0 amide bonds. The van der Waals surface area contributed by atoms with Crippen LogP contribution in [-0.2, 0) is 24.8 Å². The Bertz CT molecular complexity index is 3720. The number of ether oxygens (including phenoxy) is 1. The fourth-order valence-corrected chi connectivity index (χ4v) is 10.8. The fraction of sp³-hybridized carbons (Fsp3) is 0.0690. The van der Waals surface area contributed by atoms with Gasteiger partial charge in [0.25, 0.3) is 0 Å². The number of rotatable bonds is 8. The minimum atomic E-state index is -0.175. The van der Waals surface area contributed by atoms with Gasteiger partial charge in [-0.2, -0.15) is 12.1 Å². The summed E-state index contributed by atoms with van der Waals surface area (Å²) in [6.45, 7) is 6.64. The van der Waals surface area contributed by atoms with E-state index in [1.54, 1.807) is 0 Å². The van der Waals surface area contributed by atoms with Gasteiger partial charge in [-0.1, -0.05) is 48.5 Å². The van der Waals surface area contributed by atoms with E-state index >= 15 is 0 Å². The van der Waals surface area contributed by atoms with Crippen LogP contribution in [0.25, 0.3) is 66.5 Å². The van der Waals surface area contributed by atoms with Crippen LogP contribution in [0.4, 0.5) is 11.5 Å².